The van der Waals surface area contributed by atoms with E-state index in [-0.39, 0.29) is 17.4 Å². The van der Waals surface area contributed by atoms with E-state index in [1.165, 1.54) is 12.1 Å². The maximum absolute atomic E-state index is 13.4. The van der Waals surface area contributed by atoms with Crippen molar-refractivity contribution in [2.24, 2.45) is 0 Å². The lowest BCUT2D eigenvalue weighted by atomic mass is 9.94. The zero-order valence-corrected chi connectivity index (χ0v) is 21.9. The van der Waals surface area contributed by atoms with Crippen LogP contribution in [0.2, 0.25) is 0 Å². The zero-order valence-electron chi connectivity index (χ0n) is 19.4. The van der Waals surface area contributed by atoms with Gasteiger partial charge in [0.25, 0.3) is 10.1 Å². The van der Waals surface area contributed by atoms with Gasteiger partial charge in [-0.05, 0) is 67.9 Å². The van der Waals surface area contributed by atoms with E-state index in [9.17, 15) is 13.2 Å². The van der Waals surface area contributed by atoms with Gasteiger partial charge < -0.3 is 0 Å². The molecule has 1 unspecified atom stereocenters. The van der Waals surface area contributed by atoms with Crippen LogP contribution in [0, 0.1) is 6.92 Å². The summed E-state index contributed by atoms with van der Waals surface area (Å²) in [5.74, 6) is 0.135. The fourth-order valence-electron chi connectivity index (χ4n) is 4.03. The number of carbonyl (C=O) groups is 1. The Morgan fingerprint density at radius 2 is 1.82 bits per heavy atom. The largest absolute Gasteiger partial charge is 0.297 e. The minimum absolute atomic E-state index is 0.0509. The number of anilines is 1. The lowest BCUT2D eigenvalue weighted by Crippen LogP contribution is -2.45. The van der Waals surface area contributed by atoms with Crippen molar-refractivity contribution in [3.8, 4) is 0 Å². The minimum Gasteiger partial charge on any atom is -0.291 e. The van der Waals surface area contributed by atoms with Crippen LogP contribution >= 0.6 is 15.9 Å². The highest BCUT2D eigenvalue weighted by Crippen LogP contribution is 2.41. The Morgan fingerprint density at radius 1 is 1.12 bits per heavy atom. The maximum Gasteiger partial charge on any atom is 0.297 e. The summed E-state index contributed by atoms with van der Waals surface area (Å²) in [6.07, 6.45) is 3.62. The van der Waals surface area contributed by atoms with E-state index >= 15 is 0 Å². The van der Waals surface area contributed by atoms with Gasteiger partial charge in [-0.25, -0.2) is 4.98 Å². The third-order valence-electron chi connectivity index (χ3n) is 5.70. The standard InChI is InChI=1S/C25H26BrN3O4S/c1-16-7-9-19(10-8-16)34(31,32)33-15-17-12-18(26)14-28-22(17)13-21-20-6-5-11-27-23(20)29(24(21)30)25(2,3)4/h5-12,14,21H,13,15H2,1-4H3. The molecule has 4 rings (SSSR count). The Balaban J connectivity index is 1.62. The third kappa shape index (κ3) is 4.92. The van der Waals surface area contributed by atoms with Crippen LogP contribution in [-0.4, -0.2) is 29.8 Å². The molecule has 1 aliphatic heterocycles. The molecule has 1 aliphatic rings. The molecule has 3 aromatic rings. The number of pyridine rings is 2. The Labute approximate surface area is 208 Å². The van der Waals surface area contributed by atoms with E-state index in [1.807, 2.05) is 39.8 Å². The van der Waals surface area contributed by atoms with Crippen LogP contribution in [0.3, 0.4) is 0 Å². The number of nitrogens with zero attached hydrogens (tertiary/aromatic N) is 3. The van der Waals surface area contributed by atoms with E-state index in [2.05, 4.69) is 25.9 Å². The molecule has 0 bridgehead atoms. The number of aryl methyl sites for hydroxylation is 1. The van der Waals surface area contributed by atoms with Crippen LogP contribution in [0.4, 0.5) is 5.82 Å². The van der Waals surface area contributed by atoms with E-state index < -0.39 is 21.6 Å². The highest BCUT2D eigenvalue weighted by Gasteiger charge is 2.43. The van der Waals surface area contributed by atoms with Gasteiger partial charge in [-0.3, -0.25) is 18.9 Å². The van der Waals surface area contributed by atoms with Crippen molar-refractivity contribution < 1.29 is 17.4 Å². The van der Waals surface area contributed by atoms with Crippen molar-refractivity contribution in [1.82, 2.24) is 9.97 Å². The summed E-state index contributed by atoms with van der Waals surface area (Å²) in [6.45, 7) is 7.60. The molecule has 0 N–H and O–H groups in total. The van der Waals surface area contributed by atoms with E-state index in [4.69, 9.17) is 4.18 Å². The summed E-state index contributed by atoms with van der Waals surface area (Å²) in [7, 11) is -3.95. The predicted molar refractivity (Wildman–Crippen MR) is 133 cm³/mol. The summed E-state index contributed by atoms with van der Waals surface area (Å²) in [6, 6.07) is 12.0. The predicted octanol–water partition coefficient (Wildman–Crippen LogP) is 4.92. The van der Waals surface area contributed by atoms with Crippen molar-refractivity contribution in [1.29, 1.82) is 0 Å². The summed E-state index contributed by atoms with van der Waals surface area (Å²) >= 11 is 3.40. The maximum atomic E-state index is 13.4. The van der Waals surface area contributed by atoms with Crippen molar-refractivity contribution in [3.05, 3.63) is 81.7 Å². The first-order chi connectivity index (χ1) is 16.0. The molecule has 34 heavy (non-hydrogen) atoms. The molecule has 9 heteroatoms. The van der Waals surface area contributed by atoms with Crippen LogP contribution in [0.5, 0.6) is 0 Å². The number of hydrogen-bond acceptors (Lipinski definition) is 6. The summed E-state index contributed by atoms with van der Waals surface area (Å²) in [5.41, 5.74) is 2.56. The Morgan fingerprint density at radius 3 is 2.50 bits per heavy atom. The fraction of sp³-hybridized carbons (Fsp3) is 0.320. The number of aromatic nitrogens is 2. The monoisotopic (exact) mass is 543 g/mol. The van der Waals surface area contributed by atoms with Gasteiger partial charge in [-0.2, -0.15) is 8.42 Å². The lowest BCUT2D eigenvalue weighted by molar-refractivity contribution is -0.120. The van der Waals surface area contributed by atoms with Crippen molar-refractivity contribution in [3.63, 3.8) is 0 Å². The Bertz CT molecular complexity index is 1340. The molecule has 1 atom stereocenters. The molecule has 0 saturated heterocycles. The number of carbonyl (C=O) groups excluding carboxylic acids is 1. The Kier molecular flexibility index (Phi) is 6.63. The van der Waals surface area contributed by atoms with Gasteiger partial charge in [0.15, 0.2) is 0 Å². The quantitative estimate of drug-likeness (QED) is 0.409. The van der Waals surface area contributed by atoms with Crippen LogP contribution < -0.4 is 4.90 Å². The molecule has 0 fully saturated rings. The van der Waals surface area contributed by atoms with E-state index in [1.54, 1.807) is 35.5 Å². The number of benzene rings is 1. The van der Waals surface area contributed by atoms with Gasteiger partial charge in [-0.15, -0.1) is 0 Å². The highest BCUT2D eigenvalue weighted by atomic mass is 79.9. The van der Waals surface area contributed by atoms with Crippen molar-refractivity contribution in [2.75, 3.05) is 4.90 Å². The van der Waals surface area contributed by atoms with Crippen LogP contribution in [0.15, 0.2) is 64.2 Å². The van der Waals surface area contributed by atoms with Crippen molar-refractivity contribution in [2.45, 2.75) is 57.1 Å². The number of halogens is 1. The molecule has 0 radical (unpaired) electrons. The number of amides is 1. The second kappa shape index (κ2) is 9.20. The molecule has 0 spiro atoms. The van der Waals surface area contributed by atoms with Crippen molar-refractivity contribution >= 4 is 37.8 Å². The molecule has 3 heterocycles. The van der Waals surface area contributed by atoms with Crippen LogP contribution in [0.1, 0.15) is 49.1 Å². The smallest absolute Gasteiger partial charge is 0.291 e. The number of hydrogen-bond donors (Lipinski definition) is 0. The molecule has 7 nitrogen and oxygen atoms in total. The number of rotatable bonds is 6. The molecule has 0 saturated carbocycles. The summed E-state index contributed by atoms with van der Waals surface area (Å²) in [5, 5.41) is 0. The molecule has 1 aromatic carbocycles. The van der Waals surface area contributed by atoms with E-state index in [0.29, 0.717) is 28.0 Å². The topological polar surface area (TPSA) is 89.5 Å². The van der Waals surface area contributed by atoms with Crippen LogP contribution in [0.25, 0.3) is 0 Å². The Hall–Kier alpha value is -2.62. The molecular weight excluding hydrogens is 518 g/mol. The van der Waals surface area contributed by atoms with Gasteiger partial charge in [0.05, 0.1) is 17.4 Å². The van der Waals surface area contributed by atoms with Crippen LogP contribution in [-0.2, 0) is 32.1 Å². The molecule has 1 amide bonds. The SMILES string of the molecule is Cc1ccc(S(=O)(=O)OCc2cc(Br)cnc2CC2C(=O)N(C(C)(C)C)c3ncccc32)cc1. The highest BCUT2D eigenvalue weighted by molar-refractivity contribution is 9.10. The normalized spacial score (nSPS) is 16.1. The van der Waals surface area contributed by atoms with Gasteiger partial charge >= 0.3 is 0 Å². The lowest BCUT2D eigenvalue weighted by Gasteiger charge is -2.31. The first-order valence-electron chi connectivity index (χ1n) is 10.9. The second-order valence-electron chi connectivity index (χ2n) is 9.31. The molecule has 0 aliphatic carbocycles. The first-order valence-corrected chi connectivity index (χ1v) is 13.1. The molecule has 178 valence electrons. The summed E-state index contributed by atoms with van der Waals surface area (Å²) in [4.78, 5) is 24.2. The van der Waals surface area contributed by atoms with Gasteiger partial charge in [0.2, 0.25) is 5.91 Å². The van der Waals surface area contributed by atoms with E-state index in [0.717, 1.165) is 11.1 Å². The fourth-order valence-corrected chi connectivity index (χ4v) is 5.30. The summed E-state index contributed by atoms with van der Waals surface area (Å²) < 4.78 is 31.5. The molecular formula is C25H26BrN3O4S. The molecule has 2 aromatic heterocycles. The first kappa shape index (κ1) is 24.5. The van der Waals surface area contributed by atoms with Gasteiger partial charge in [0, 0.05) is 45.6 Å². The third-order valence-corrected chi connectivity index (χ3v) is 7.41. The van der Waals surface area contributed by atoms with Gasteiger partial charge in [-0.1, -0.05) is 23.8 Å². The minimum atomic E-state index is -3.95. The average Bonchev–Trinajstić information content (AvgIpc) is 3.05. The average molecular weight is 544 g/mol. The second-order valence-corrected chi connectivity index (χ2v) is 11.8. The van der Waals surface area contributed by atoms with Gasteiger partial charge in [0.1, 0.15) is 5.82 Å². The number of fused-ring (bicyclic) bond motifs is 1. The zero-order chi connectivity index (χ0) is 24.7.